The lowest BCUT2D eigenvalue weighted by Crippen LogP contribution is -2.44. The lowest BCUT2D eigenvalue weighted by molar-refractivity contribution is -0.139. The zero-order chi connectivity index (χ0) is 27.0. The summed E-state index contributed by atoms with van der Waals surface area (Å²) in [6.07, 6.45) is 0.371. The van der Waals surface area contributed by atoms with Gasteiger partial charge in [-0.25, -0.2) is 13.4 Å². The maximum Gasteiger partial charge on any atom is 0.224 e. The number of hydrogen-bond donors (Lipinski definition) is 1. The fourth-order valence-corrected chi connectivity index (χ4v) is 6.91. The molecule has 11 heteroatoms. The Morgan fingerprint density at radius 2 is 1.74 bits per heavy atom. The van der Waals surface area contributed by atoms with Crippen LogP contribution in [-0.4, -0.2) is 74.5 Å². The molecule has 1 aliphatic rings. The maximum atomic E-state index is 13.1. The van der Waals surface area contributed by atoms with Crippen LogP contribution < -0.4 is 5.32 Å². The second kappa shape index (κ2) is 13.1. The molecule has 1 aromatic heterocycles. The van der Waals surface area contributed by atoms with E-state index in [2.05, 4.69) is 10.3 Å². The van der Waals surface area contributed by atoms with Gasteiger partial charge in [-0.3, -0.25) is 14.4 Å². The Kier molecular flexibility index (Phi) is 9.59. The Labute approximate surface area is 226 Å². The molecular formula is C27H31N3O6S2. The van der Waals surface area contributed by atoms with E-state index >= 15 is 0 Å². The predicted octanol–water partition coefficient (Wildman–Crippen LogP) is 2.86. The number of morpholine rings is 1. The minimum atomic E-state index is -3.67. The van der Waals surface area contributed by atoms with Gasteiger partial charge in [0, 0.05) is 32.5 Å². The summed E-state index contributed by atoms with van der Waals surface area (Å²) in [7, 11) is -3.67. The van der Waals surface area contributed by atoms with Crippen LogP contribution in [0.5, 0.6) is 0 Å². The summed E-state index contributed by atoms with van der Waals surface area (Å²) in [5, 5.41) is 3.17. The molecule has 0 unspecified atom stereocenters. The van der Waals surface area contributed by atoms with E-state index in [1.807, 2.05) is 24.3 Å². The summed E-state index contributed by atoms with van der Waals surface area (Å²) in [4.78, 5) is 44.5. The first-order valence-electron chi connectivity index (χ1n) is 12.6. The van der Waals surface area contributed by atoms with Crippen molar-refractivity contribution in [1.29, 1.82) is 0 Å². The highest BCUT2D eigenvalue weighted by molar-refractivity contribution is 7.90. The van der Waals surface area contributed by atoms with Crippen molar-refractivity contribution in [2.24, 2.45) is 5.92 Å². The summed E-state index contributed by atoms with van der Waals surface area (Å²) >= 11 is 1.34. The molecule has 1 saturated heterocycles. The molecular weight excluding hydrogens is 526 g/mol. The number of fused-ring (bicyclic) bond motifs is 1. The molecule has 1 atom stereocenters. The number of ketones is 1. The van der Waals surface area contributed by atoms with E-state index in [1.165, 1.54) is 11.3 Å². The number of thiazole rings is 1. The van der Waals surface area contributed by atoms with E-state index in [-0.39, 0.29) is 36.8 Å². The van der Waals surface area contributed by atoms with Crippen LogP contribution in [0, 0.1) is 5.92 Å². The Morgan fingerprint density at radius 1 is 1.03 bits per heavy atom. The number of carbonyl (C=O) groups excluding carboxylic acids is 3. The molecule has 0 bridgehead atoms. The van der Waals surface area contributed by atoms with Gasteiger partial charge in [0.25, 0.3) is 0 Å². The number of benzene rings is 2. The second-order valence-corrected chi connectivity index (χ2v) is 12.4. The first-order chi connectivity index (χ1) is 18.3. The van der Waals surface area contributed by atoms with Gasteiger partial charge >= 0.3 is 0 Å². The molecule has 2 amide bonds. The fraction of sp³-hybridized carbons (Fsp3) is 0.407. The van der Waals surface area contributed by atoms with Gasteiger partial charge in [0.2, 0.25) is 11.8 Å². The number of carbonyl (C=O) groups is 3. The van der Waals surface area contributed by atoms with Crippen LogP contribution in [-0.2, 0) is 29.9 Å². The van der Waals surface area contributed by atoms with Crippen molar-refractivity contribution in [3.8, 4) is 0 Å². The molecule has 0 aliphatic carbocycles. The standard InChI is InChI=1S/C27H31N3O6S2/c31-23(27-29-22-9-4-5-11-24(22)37-27)10-6-12-28-26(33)21(17-25(32)30-13-15-36-16-14-30)19-38(34,35)18-20-7-2-1-3-8-20/h1-5,7-9,11,21H,6,10,12-19H2,(H,28,33)/t21-/m1/s1. The number of rotatable bonds is 12. The third-order valence-corrected chi connectivity index (χ3v) is 9.01. The number of para-hydroxylation sites is 1. The molecule has 38 heavy (non-hydrogen) atoms. The first kappa shape index (κ1) is 27.9. The minimum Gasteiger partial charge on any atom is -0.378 e. The summed E-state index contributed by atoms with van der Waals surface area (Å²) < 4.78 is 32.1. The molecule has 2 aromatic carbocycles. The van der Waals surface area contributed by atoms with Crippen LogP contribution in [0.15, 0.2) is 54.6 Å². The Morgan fingerprint density at radius 3 is 2.47 bits per heavy atom. The molecule has 9 nitrogen and oxygen atoms in total. The zero-order valence-corrected chi connectivity index (χ0v) is 22.6. The Balaban J connectivity index is 1.34. The van der Waals surface area contributed by atoms with Gasteiger partial charge in [0.05, 0.1) is 40.9 Å². The summed E-state index contributed by atoms with van der Waals surface area (Å²) in [5.74, 6) is -2.55. The largest absolute Gasteiger partial charge is 0.378 e. The van der Waals surface area contributed by atoms with Crippen molar-refractivity contribution < 1.29 is 27.5 Å². The molecule has 0 radical (unpaired) electrons. The van der Waals surface area contributed by atoms with Crippen molar-refractivity contribution in [3.05, 3.63) is 65.2 Å². The lowest BCUT2D eigenvalue weighted by Gasteiger charge is -2.28. The number of ether oxygens (including phenoxy) is 1. The van der Waals surface area contributed by atoms with E-state index in [0.29, 0.717) is 43.3 Å². The second-order valence-electron chi connectivity index (χ2n) is 9.24. The Bertz CT molecular complexity index is 1330. The zero-order valence-electron chi connectivity index (χ0n) is 21.0. The van der Waals surface area contributed by atoms with Crippen molar-refractivity contribution in [3.63, 3.8) is 0 Å². The van der Waals surface area contributed by atoms with E-state index in [0.717, 1.165) is 10.2 Å². The first-order valence-corrected chi connectivity index (χ1v) is 15.2. The van der Waals surface area contributed by atoms with Gasteiger partial charge in [0.15, 0.2) is 20.6 Å². The van der Waals surface area contributed by atoms with Crippen molar-refractivity contribution in [1.82, 2.24) is 15.2 Å². The van der Waals surface area contributed by atoms with Crippen LogP contribution >= 0.6 is 11.3 Å². The lowest BCUT2D eigenvalue weighted by atomic mass is 10.1. The molecule has 202 valence electrons. The van der Waals surface area contributed by atoms with Crippen molar-refractivity contribution >= 4 is 49.0 Å². The average Bonchev–Trinajstić information content (AvgIpc) is 3.36. The minimum absolute atomic E-state index is 0.107. The van der Waals surface area contributed by atoms with Gasteiger partial charge in [-0.05, 0) is 24.1 Å². The molecule has 0 spiro atoms. The monoisotopic (exact) mass is 557 g/mol. The predicted molar refractivity (Wildman–Crippen MR) is 146 cm³/mol. The number of nitrogens with zero attached hydrogens (tertiary/aromatic N) is 2. The van der Waals surface area contributed by atoms with Crippen LogP contribution in [0.25, 0.3) is 10.2 Å². The molecule has 1 fully saturated rings. The molecule has 4 rings (SSSR count). The fourth-order valence-electron chi connectivity index (χ4n) is 4.28. The maximum absolute atomic E-state index is 13.1. The van der Waals surface area contributed by atoms with Gasteiger partial charge in [-0.1, -0.05) is 42.5 Å². The normalized spacial score (nSPS) is 14.8. The third-order valence-electron chi connectivity index (χ3n) is 6.25. The van der Waals surface area contributed by atoms with Crippen LogP contribution in [0.2, 0.25) is 0 Å². The molecule has 3 aromatic rings. The number of hydrogen-bond acceptors (Lipinski definition) is 8. The quantitative estimate of drug-likeness (QED) is 0.268. The van der Waals surface area contributed by atoms with Gasteiger partial charge in [-0.15, -0.1) is 11.3 Å². The van der Waals surface area contributed by atoms with Gasteiger partial charge in [0.1, 0.15) is 0 Å². The van der Waals surface area contributed by atoms with Crippen molar-refractivity contribution in [2.75, 3.05) is 38.6 Å². The average molecular weight is 558 g/mol. The van der Waals surface area contributed by atoms with E-state index in [4.69, 9.17) is 4.74 Å². The SMILES string of the molecule is O=C(CCCNC(=O)[C@H](CC(=O)N1CCOCC1)CS(=O)(=O)Cc1ccccc1)c1nc2ccccc2s1. The highest BCUT2D eigenvalue weighted by atomic mass is 32.2. The van der Waals surface area contributed by atoms with Gasteiger partial charge in [-0.2, -0.15) is 0 Å². The molecule has 2 heterocycles. The summed E-state index contributed by atoms with van der Waals surface area (Å²) in [5.41, 5.74) is 1.40. The number of sulfone groups is 1. The number of amides is 2. The number of aromatic nitrogens is 1. The third kappa shape index (κ3) is 7.92. The van der Waals surface area contributed by atoms with Crippen LogP contribution in [0.1, 0.15) is 34.6 Å². The van der Waals surface area contributed by atoms with Crippen LogP contribution in [0.4, 0.5) is 0 Å². The Hall–Kier alpha value is -3.15. The molecule has 1 aliphatic heterocycles. The van der Waals surface area contributed by atoms with E-state index < -0.39 is 27.4 Å². The highest BCUT2D eigenvalue weighted by Gasteiger charge is 2.30. The topological polar surface area (TPSA) is 123 Å². The van der Waals surface area contributed by atoms with Gasteiger partial charge < -0.3 is 15.0 Å². The highest BCUT2D eigenvalue weighted by Crippen LogP contribution is 2.23. The smallest absolute Gasteiger partial charge is 0.224 e. The molecule has 1 N–H and O–H groups in total. The summed E-state index contributed by atoms with van der Waals surface area (Å²) in [6, 6.07) is 16.3. The van der Waals surface area contributed by atoms with E-state index in [9.17, 15) is 22.8 Å². The number of Topliss-reactive ketones (excluding diaryl/α,β-unsaturated/α-hetero) is 1. The molecule has 0 saturated carbocycles. The van der Waals surface area contributed by atoms with Crippen LogP contribution in [0.3, 0.4) is 0 Å². The van der Waals surface area contributed by atoms with E-state index in [1.54, 1.807) is 35.2 Å². The number of nitrogens with one attached hydrogen (secondary N) is 1. The van der Waals surface area contributed by atoms with Crippen molar-refractivity contribution in [2.45, 2.75) is 25.0 Å². The summed E-state index contributed by atoms with van der Waals surface area (Å²) in [6.45, 7) is 1.85.